The number of aromatic nitrogens is 1. The third-order valence-corrected chi connectivity index (χ3v) is 4.73. The Hall–Kier alpha value is -2.48. The van der Waals surface area contributed by atoms with Gasteiger partial charge in [-0.3, -0.25) is 0 Å². The van der Waals surface area contributed by atoms with Crippen LogP contribution in [-0.2, 0) is 11.2 Å². The van der Waals surface area contributed by atoms with Crippen LogP contribution in [0, 0.1) is 25.5 Å². The van der Waals surface area contributed by atoms with Crippen molar-refractivity contribution in [2.75, 3.05) is 19.7 Å². The van der Waals surface area contributed by atoms with Crippen LogP contribution in [0.2, 0.25) is 0 Å². The topological polar surface area (TPSA) is 67.6 Å². The van der Waals surface area contributed by atoms with Crippen LogP contribution in [-0.4, -0.2) is 41.8 Å². The summed E-state index contributed by atoms with van der Waals surface area (Å²) < 4.78 is 37.4. The monoisotopic (exact) mass is 379 g/mol. The molecule has 2 amide bonds. The van der Waals surface area contributed by atoms with E-state index in [-0.39, 0.29) is 18.6 Å². The van der Waals surface area contributed by atoms with Crippen LogP contribution in [0.3, 0.4) is 0 Å². The predicted molar refractivity (Wildman–Crippen MR) is 94.3 cm³/mol. The number of aryl methyl sites for hydroxylation is 2. The number of morpholine rings is 1. The molecule has 0 bridgehead atoms. The Morgan fingerprint density at radius 2 is 2.15 bits per heavy atom. The Morgan fingerprint density at radius 3 is 2.81 bits per heavy atom. The molecule has 27 heavy (non-hydrogen) atoms. The van der Waals surface area contributed by atoms with Gasteiger partial charge in [-0.05, 0) is 44.9 Å². The first kappa shape index (κ1) is 19.3. The molecule has 2 aromatic rings. The lowest BCUT2D eigenvalue weighted by molar-refractivity contribution is -0.0159. The van der Waals surface area contributed by atoms with Crippen molar-refractivity contribution in [3.8, 4) is 0 Å². The third kappa shape index (κ3) is 4.44. The maximum absolute atomic E-state index is 13.5. The van der Waals surface area contributed by atoms with E-state index in [0.29, 0.717) is 25.1 Å². The van der Waals surface area contributed by atoms with Crippen molar-refractivity contribution in [1.82, 2.24) is 15.4 Å². The molecule has 1 aromatic heterocycles. The number of carbonyl (C=O) groups is 1. The number of urea groups is 1. The molecule has 1 N–H and O–H groups in total. The molecular weight excluding hydrogens is 356 g/mol. The van der Waals surface area contributed by atoms with Crippen molar-refractivity contribution in [2.24, 2.45) is 0 Å². The third-order valence-electron chi connectivity index (χ3n) is 4.73. The van der Waals surface area contributed by atoms with Crippen molar-refractivity contribution in [1.29, 1.82) is 0 Å². The smallest absolute Gasteiger partial charge is 0.317 e. The second-order valence-corrected chi connectivity index (χ2v) is 6.84. The first-order valence-electron chi connectivity index (χ1n) is 8.89. The lowest BCUT2D eigenvalue weighted by Gasteiger charge is -2.34. The van der Waals surface area contributed by atoms with E-state index in [4.69, 9.17) is 9.26 Å². The predicted octanol–water partition coefficient (Wildman–Crippen LogP) is 3.28. The molecule has 0 spiro atoms. The summed E-state index contributed by atoms with van der Waals surface area (Å²) in [5.41, 5.74) is 2.32. The molecule has 2 atom stereocenters. The van der Waals surface area contributed by atoms with Crippen molar-refractivity contribution in [3.63, 3.8) is 0 Å². The van der Waals surface area contributed by atoms with E-state index in [1.165, 1.54) is 6.07 Å². The van der Waals surface area contributed by atoms with Crippen LogP contribution in [0.4, 0.5) is 13.6 Å². The maximum atomic E-state index is 13.5. The number of benzene rings is 1. The number of rotatable bonds is 4. The number of hydrogen-bond donors (Lipinski definition) is 1. The number of amides is 2. The number of nitrogens with zero attached hydrogens (tertiary/aromatic N) is 2. The Labute approximate surface area is 156 Å². The van der Waals surface area contributed by atoms with E-state index >= 15 is 0 Å². The molecule has 2 heterocycles. The number of ether oxygens (including phenoxy) is 1. The quantitative estimate of drug-likeness (QED) is 0.885. The second-order valence-electron chi connectivity index (χ2n) is 6.84. The molecule has 6 nitrogen and oxygen atoms in total. The van der Waals surface area contributed by atoms with Crippen LogP contribution < -0.4 is 5.32 Å². The average molecular weight is 379 g/mol. The van der Waals surface area contributed by atoms with E-state index in [0.717, 1.165) is 29.2 Å². The standard InChI is InChI=1S/C19H23F2N3O3/c1-11(8-15-12(2)23-27-13(15)3)22-19(25)24-6-7-26-18(10-24)14-4-5-16(20)17(21)9-14/h4-5,9,11,18H,6-8,10H2,1-3H3,(H,22,25)/t11-,18-/m1/s1. The molecule has 0 saturated carbocycles. The molecule has 1 saturated heterocycles. The fourth-order valence-electron chi connectivity index (χ4n) is 3.20. The summed E-state index contributed by atoms with van der Waals surface area (Å²) in [5, 5.41) is 6.89. The summed E-state index contributed by atoms with van der Waals surface area (Å²) in [5.74, 6) is -1.08. The molecule has 1 aliphatic rings. The van der Waals surface area contributed by atoms with Gasteiger partial charge in [-0.15, -0.1) is 0 Å². The van der Waals surface area contributed by atoms with Crippen molar-refractivity contribution >= 4 is 6.03 Å². The summed E-state index contributed by atoms with van der Waals surface area (Å²) in [6.45, 7) is 6.67. The Morgan fingerprint density at radius 1 is 1.37 bits per heavy atom. The van der Waals surface area contributed by atoms with Crippen LogP contribution in [0.15, 0.2) is 22.7 Å². The fourth-order valence-corrected chi connectivity index (χ4v) is 3.20. The van der Waals surface area contributed by atoms with Gasteiger partial charge >= 0.3 is 6.03 Å². The summed E-state index contributed by atoms with van der Waals surface area (Å²) >= 11 is 0. The van der Waals surface area contributed by atoms with E-state index in [1.807, 2.05) is 20.8 Å². The maximum Gasteiger partial charge on any atom is 0.317 e. The molecule has 1 fully saturated rings. The van der Waals surface area contributed by atoms with Gasteiger partial charge in [0.1, 0.15) is 11.9 Å². The van der Waals surface area contributed by atoms with Gasteiger partial charge in [-0.2, -0.15) is 0 Å². The van der Waals surface area contributed by atoms with Gasteiger partial charge in [0.05, 0.1) is 18.8 Å². The minimum Gasteiger partial charge on any atom is -0.370 e. The normalized spacial score (nSPS) is 18.4. The zero-order valence-corrected chi connectivity index (χ0v) is 15.6. The second kappa shape index (κ2) is 8.04. The zero-order chi connectivity index (χ0) is 19.6. The van der Waals surface area contributed by atoms with E-state index in [1.54, 1.807) is 4.90 Å². The zero-order valence-electron chi connectivity index (χ0n) is 15.6. The highest BCUT2D eigenvalue weighted by Crippen LogP contribution is 2.24. The Balaban J connectivity index is 1.60. The molecule has 0 radical (unpaired) electrons. The minimum atomic E-state index is -0.925. The minimum absolute atomic E-state index is 0.112. The van der Waals surface area contributed by atoms with Gasteiger partial charge in [0.15, 0.2) is 11.6 Å². The van der Waals surface area contributed by atoms with E-state index in [2.05, 4.69) is 10.5 Å². The summed E-state index contributed by atoms with van der Waals surface area (Å²) in [6, 6.07) is 3.33. The van der Waals surface area contributed by atoms with Crippen molar-refractivity contribution < 1.29 is 22.8 Å². The van der Waals surface area contributed by atoms with Gasteiger partial charge in [0.25, 0.3) is 0 Å². The van der Waals surface area contributed by atoms with Crippen LogP contribution in [0.5, 0.6) is 0 Å². The molecule has 0 unspecified atom stereocenters. The van der Waals surface area contributed by atoms with E-state index in [9.17, 15) is 13.6 Å². The Bertz CT molecular complexity index is 805. The average Bonchev–Trinajstić information content (AvgIpc) is 2.96. The van der Waals surface area contributed by atoms with Crippen LogP contribution >= 0.6 is 0 Å². The fraction of sp³-hybridized carbons (Fsp3) is 0.474. The molecule has 8 heteroatoms. The summed E-state index contributed by atoms with van der Waals surface area (Å²) in [6.07, 6.45) is 0.126. The van der Waals surface area contributed by atoms with Gasteiger partial charge in [-0.1, -0.05) is 11.2 Å². The van der Waals surface area contributed by atoms with Crippen LogP contribution in [0.25, 0.3) is 0 Å². The van der Waals surface area contributed by atoms with Crippen LogP contribution in [0.1, 0.15) is 35.6 Å². The van der Waals surface area contributed by atoms with Gasteiger partial charge < -0.3 is 19.5 Å². The highest BCUT2D eigenvalue weighted by Gasteiger charge is 2.27. The number of halogens is 2. The first-order valence-corrected chi connectivity index (χ1v) is 8.89. The van der Waals surface area contributed by atoms with Gasteiger partial charge in [0.2, 0.25) is 0 Å². The van der Waals surface area contributed by atoms with Crippen molar-refractivity contribution in [2.45, 2.75) is 39.3 Å². The number of nitrogens with one attached hydrogen (secondary N) is 1. The number of hydrogen-bond acceptors (Lipinski definition) is 4. The molecular formula is C19H23F2N3O3. The largest absolute Gasteiger partial charge is 0.370 e. The lowest BCUT2D eigenvalue weighted by atomic mass is 10.1. The first-order chi connectivity index (χ1) is 12.8. The highest BCUT2D eigenvalue weighted by molar-refractivity contribution is 5.74. The number of carbonyl (C=O) groups excluding carboxylic acids is 1. The summed E-state index contributed by atoms with van der Waals surface area (Å²) in [4.78, 5) is 14.2. The molecule has 1 aliphatic heterocycles. The molecule has 3 rings (SSSR count). The van der Waals surface area contributed by atoms with Gasteiger partial charge in [-0.25, -0.2) is 13.6 Å². The highest BCUT2D eigenvalue weighted by atomic mass is 19.2. The SMILES string of the molecule is Cc1noc(C)c1C[C@@H](C)NC(=O)N1CCO[C@@H](c2ccc(F)c(F)c2)C1. The molecule has 146 valence electrons. The molecule has 1 aromatic carbocycles. The van der Waals surface area contributed by atoms with E-state index < -0.39 is 17.7 Å². The lowest BCUT2D eigenvalue weighted by Crippen LogP contribution is -2.49. The molecule has 0 aliphatic carbocycles. The summed E-state index contributed by atoms with van der Waals surface area (Å²) in [7, 11) is 0. The van der Waals surface area contributed by atoms with Crippen molar-refractivity contribution in [3.05, 3.63) is 52.4 Å². The Kier molecular flexibility index (Phi) is 5.74. The van der Waals surface area contributed by atoms with Gasteiger partial charge in [0, 0.05) is 18.2 Å².